The Hall–Kier alpha value is -4.00. The highest BCUT2D eigenvalue weighted by Crippen LogP contribution is 2.28. The van der Waals surface area contributed by atoms with E-state index in [0.29, 0.717) is 24.5 Å². The van der Waals surface area contributed by atoms with Crippen LogP contribution < -0.4 is 19.5 Å². The first kappa shape index (κ1) is 29.6. The van der Waals surface area contributed by atoms with Crippen LogP contribution in [0.4, 0.5) is 0 Å². The van der Waals surface area contributed by atoms with Gasteiger partial charge in [0.15, 0.2) is 11.5 Å². The van der Waals surface area contributed by atoms with Gasteiger partial charge in [0.1, 0.15) is 11.8 Å². The van der Waals surface area contributed by atoms with Crippen molar-refractivity contribution in [2.75, 3.05) is 27.9 Å². The Labute approximate surface area is 232 Å². The molecule has 0 saturated heterocycles. The van der Waals surface area contributed by atoms with Crippen LogP contribution in [-0.4, -0.2) is 50.6 Å². The monoisotopic (exact) mass is 532 g/mol. The van der Waals surface area contributed by atoms with E-state index >= 15 is 0 Å². The van der Waals surface area contributed by atoms with E-state index in [1.165, 1.54) is 0 Å². The summed E-state index contributed by atoms with van der Waals surface area (Å²) < 4.78 is 16.1. The van der Waals surface area contributed by atoms with Crippen LogP contribution in [0.1, 0.15) is 42.9 Å². The Morgan fingerprint density at radius 3 is 2.13 bits per heavy atom. The normalized spacial score (nSPS) is 11.4. The molecule has 0 radical (unpaired) electrons. The highest BCUT2D eigenvalue weighted by atomic mass is 16.5. The van der Waals surface area contributed by atoms with Gasteiger partial charge in [0.25, 0.3) is 0 Å². The number of benzene rings is 3. The molecule has 0 spiro atoms. The first-order valence-electron chi connectivity index (χ1n) is 13.4. The molecule has 3 aromatic carbocycles. The minimum atomic E-state index is -0.677. The van der Waals surface area contributed by atoms with Gasteiger partial charge in [-0.05, 0) is 47.4 Å². The van der Waals surface area contributed by atoms with E-state index in [-0.39, 0.29) is 24.8 Å². The highest BCUT2D eigenvalue weighted by Gasteiger charge is 2.30. The first-order valence-corrected chi connectivity index (χ1v) is 13.4. The number of nitrogens with one attached hydrogen (secondary N) is 1. The number of ether oxygens (including phenoxy) is 3. The van der Waals surface area contributed by atoms with Crippen molar-refractivity contribution in [3.8, 4) is 17.2 Å². The number of carbonyl (C=O) groups excluding carboxylic acids is 2. The lowest BCUT2D eigenvalue weighted by Gasteiger charge is -2.32. The second kappa shape index (κ2) is 15.4. The standard InChI is InChI=1S/C32H40N2O5/c1-5-6-10-19-33-32(36)28(20-24-11-8-7-9-12-24)34(23-25-13-16-27(37-2)17-14-25)31(35)22-26-15-18-29(38-3)30(21-26)39-4/h7-9,11-18,21,28H,5-6,10,19-20,22-23H2,1-4H3,(H,33,36)/t28-/m1/s1. The van der Waals surface area contributed by atoms with E-state index < -0.39 is 6.04 Å². The Kier molecular flexibility index (Phi) is 11.7. The minimum absolute atomic E-state index is 0.116. The molecule has 7 nitrogen and oxygen atoms in total. The maximum Gasteiger partial charge on any atom is 0.243 e. The van der Waals surface area contributed by atoms with Crippen molar-refractivity contribution in [3.05, 3.63) is 89.5 Å². The van der Waals surface area contributed by atoms with Crippen molar-refractivity contribution >= 4 is 11.8 Å². The molecule has 0 aliphatic carbocycles. The Bertz CT molecular complexity index is 1180. The predicted molar refractivity (Wildman–Crippen MR) is 153 cm³/mol. The lowest BCUT2D eigenvalue weighted by Crippen LogP contribution is -2.51. The molecule has 0 heterocycles. The van der Waals surface area contributed by atoms with Gasteiger partial charge in [-0.3, -0.25) is 9.59 Å². The highest BCUT2D eigenvalue weighted by molar-refractivity contribution is 5.88. The number of unbranched alkanes of at least 4 members (excludes halogenated alkanes) is 2. The molecule has 39 heavy (non-hydrogen) atoms. The molecule has 0 aliphatic heterocycles. The van der Waals surface area contributed by atoms with Crippen LogP contribution in [0.15, 0.2) is 72.8 Å². The number of hydrogen-bond acceptors (Lipinski definition) is 5. The summed E-state index contributed by atoms with van der Waals surface area (Å²) in [7, 11) is 4.76. The molecule has 0 saturated carbocycles. The van der Waals surface area contributed by atoms with Gasteiger partial charge in [-0.25, -0.2) is 0 Å². The van der Waals surface area contributed by atoms with E-state index in [4.69, 9.17) is 14.2 Å². The van der Waals surface area contributed by atoms with E-state index in [1.54, 1.807) is 38.4 Å². The first-order chi connectivity index (χ1) is 19.0. The van der Waals surface area contributed by atoms with Gasteiger partial charge in [-0.1, -0.05) is 68.3 Å². The Morgan fingerprint density at radius 2 is 1.49 bits per heavy atom. The summed E-state index contributed by atoms with van der Waals surface area (Å²) >= 11 is 0. The van der Waals surface area contributed by atoms with Crippen molar-refractivity contribution in [2.24, 2.45) is 0 Å². The average Bonchev–Trinajstić information content (AvgIpc) is 2.97. The van der Waals surface area contributed by atoms with Crippen LogP contribution in [0.3, 0.4) is 0 Å². The molecule has 3 rings (SSSR count). The molecule has 0 aromatic heterocycles. The van der Waals surface area contributed by atoms with Crippen LogP contribution in [0.2, 0.25) is 0 Å². The van der Waals surface area contributed by atoms with Gasteiger partial charge >= 0.3 is 0 Å². The molecular formula is C32H40N2O5. The smallest absolute Gasteiger partial charge is 0.243 e. The van der Waals surface area contributed by atoms with Gasteiger partial charge in [-0.2, -0.15) is 0 Å². The summed E-state index contributed by atoms with van der Waals surface area (Å²) in [6, 6.07) is 22.2. The van der Waals surface area contributed by atoms with Gasteiger partial charge < -0.3 is 24.4 Å². The molecular weight excluding hydrogens is 492 g/mol. The Morgan fingerprint density at radius 1 is 0.795 bits per heavy atom. The number of methoxy groups -OCH3 is 3. The molecule has 7 heteroatoms. The SMILES string of the molecule is CCCCCNC(=O)[C@@H](Cc1ccccc1)N(Cc1ccc(OC)cc1)C(=O)Cc1ccc(OC)c(OC)c1. The number of hydrogen-bond donors (Lipinski definition) is 1. The van der Waals surface area contributed by atoms with Crippen molar-refractivity contribution in [3.63, 3.8) is 0 Å². The predicted octanol–water partition coefficient (Wildman–Crippen LogP) is 5.20. The maximum atomic E-state index is 14.0. The largest absolute Gasteiger partial charge is 0.497 e. The zero-order valence-electron chi connectivity index (χ0n) is 23.4. The van der Waals surface area contributed by atoms with Crippen molar-refractivity contribution in [1.82, 2.24) is 10.2 Å². The average molecular weight is 533 g/mol. The summed E-state index contributed by atoms with van der Waals surface area (Å²) in [4.78, 5) is 29.3. The molecule has 0 unspecified atom stereocenters. The fourth-order valence-electron chi connectivity index (χ4n) is 4.45. The van der Waals surface area contributed by atoms with Crippen molar-refractivity contribution in [2.45, 2.75) is 51.6 Å². The van der Waals surface area contributed by atoms with Crippen LogP contribution in [0.5, 0.6) is 17.2 Å². The fraction of sp³-hybridized carbons (Fsp3) is 0.375. The number of amides is 2. The molecule has 0 fully saturated rings. The van der Waals surface area contributed by atoms with Crippen LogP contribution in [0.25, 0.3) is 0 Å². The third kappa shape index (κ3) is 8.77. The number of carbonyl (C=O) groups is 2. The zero-order valence-corrected chi connectivity index (χ0v) is 23.4. The second-order valence-electron chi connectivity index (χ2n) is 9.44. The topological polar surface area (TPSA) is 77.1 Å². The third-order valence-corrected chi connectivity index (χ3v) is 6.67. The number of nitrogens with zero attached hydrogens (tertiary/aromatic N) is 1. The quantitative estimate of drug-likeness (QED) is 0.272. The fourth-order valence-corrected chi connectivity index (χ4v) is 4.45. The summed E-state index contributed by atoms with van der Waals surface area (Å²) in [6.07, 6.45) is 3.53. The number of rotatable bonds is 15. The summed E-state index contributed by atoms with van der Waals surface area (Å²) in [5.41, 5.74) is 2.68. The molecule has 1 atom stereocenters. The van der Waals surface area contributed by atoms with Crippen LogP contribution in [-0.2, 0) is 29.0 Å². The molecule has 0 aliphatic rings. The summed E-state index contributed by atoms with van der Waals surface area (Å²) in [5, 5.41) is 3.09. The second-order valence-corrected chi connectivity index (χ2v) is 9.44. The lowest BCUT2D eigenvalue weighted by atomic mass is 10.0. The van der Waals surface area contributed by atoms with Gasteiger partial charge in [-0.15, -0.1) is 0 Å². The minimum Gasteiger partial charge on any atom is -0.497 e. The molecule has 3 aromatic rings. The Balaban J connectivity index is 1.94. The van der Waals surface area contributed by atoms with Gasteiger partial charge in [0.2, 0.25) is 11.8 Å². The van der Waals surface area contributed by atoms with Gasteiger partial charge in [0, 0.05) is 19.5 Å². The summed E-state index contributed by atoms with van der Waals surface area (Å²) in [6.45, 7) is 3.00. The van der Waals surface area contributed by atoms with E-state index in [1.807, 2.05) is 60.7 Å². The van der Waals surface area contributed by atoms with E-state index in [2.05, 4.69) is 12.2 Å². The molecule has 2 amide bonds. The third-order valence-electron chi connectivity index (χ3n) is 6.67. The lowest BCUT2D eigenvalue weighted by molar-refractivity contribution is -0.140. The van der Waals surface area contributed by atoms with Crippen molar-refractivity contribution < 1.29 is 23.8 Å². The van der Waals surface area contributed by atoms with Crippen molar-refractivity contribution in [1.29, 1.82) is 0 Å². The van der Waals surface area contributed by atoms with E-state index in [0.717, 1.165) is 41.7 Å². The van der Waals surface area contributed by atoms with Crippen LogP contribution >= 0.6 is 0 Å². The zero-order chi connectivity index (χ0) is 28.0. The van der Waals surface area contributed by atoms with Crippen LogP contribution in [0, 0.1) is 0 Å². The maximum absolute atomic E-state index is 14.0. The molecule has 208 valence electrons. The van der Waals surface area contributed by atoms with Gasteiger partial charge in [0.05, 0.1) is 27.8 Å². The summed E-state index contributed by atoms with van der Waals surface area (Å²) in [5.74, 6) is 1.58. The van der Waals surface area contributed by atoms with E-state index in [9.17, 15) is 9.59 Å². The molecule has 0 bridgehead atoms. The molecule has 1 N–H and O–H groups in total.